The van der Waals surface area contributed by atoms with E-state index in [1.165, 1.54) is 18.2 Å². The highest BCUT2D eigenvalue weighted by molar-refractivity contribution is 5.44. The van der Waals surface area contributed by atoms with Crippen molar-refractivity contribution >= 4 is 5.69 Å². The molecule has 0 saturated heterocycles. The second-order valence-corrected chi connectivity index (χ2v) is 3.01. The normalized spacial score (nSPS) is 12.4. The number of hydrogen-bond acceptors (Lipinski definition) is 4. The van der Waals surface area contributed by atoms with Gasteiger partial charge in [0, 0.05) is 23.7 Å². The van der Waals surface area contributed by atoms with E-state index in [2.05, 4.69) is 0 Å². The zero-order chi connectivity index (χ0) is 10.7. The monoisotopic (exact) mass is 196 g/mol. The van der Waals surface area contributed by atoms with E-state index in [0.717, 1.165) is 0 Å². The van der Waals surface area contributed by atoms with E-state index in [9.17, 15) is 15.2 Å². The minimum absolute atomic E-state index is 0.00458. The molecule has 3 N–H and O–H groups in total. The third-order valence-corrected chi connectivity index (χ3v) is 2.06. The fourth-order valence-corrected chi connectivity index (χ4v) is 1.17. The van der Waals surface area contributed by atoms with Gasteiger partial charge in [0.25, 0.3) is 5.69 Å². The Morgan fingerprint density at radius 2 is 2.29 bits per heavy atom. The van der Waals surface area contributed by atoms with Gasteiger partial charge in [-0.1, -0.05) is 6.92 Å². The van der Waals surface area contributed by atoms with E-state index in [0.29, 0.717) is 12.0 Å². The number of benzene rings is 1. The third kappa shape index (κ3) is 2.00. The van der Waals surface area contributed by atoms with Gasteiger partial charge in [-0.2, -0.15) is 0 Å². The van der Waals surface area contributed by atoms with Crippen LogP contribution in [0.5, 0.6) is 5.75 Å². The van der Waals surface area contributed by atoms with Gasteiger partial charge in [0.05, 0.1) is 4.92 Å². The van der Waals surface area contributed by atoms with Crippen molar-refractivity contribution in [3.8, 4) is 5.75 Å². The molecule has 0 saturated carbocycles. The summed E-state index contributed by atoms with van der Waals surface area (Å²) in [4.78, 5) is 9.95. The Bertz CT molecular complexity index is 352. The Morgan fingerprint density at radius 3 is 2.79 bits per heavy atom. The first kappa shape index (κ1) is 10.5. The number of nitrogens with two attached hydrogens (primary N) is 1. The summed E-state index contributed by atoms with van der Waals surface area (Å²) in [5.74, 6) is 0.00458. The highest BCUT2D eigenvalue weighted by Crippen LogP contribution is 2.28. The Balaban J connectivity index is 3.14. The van der Waals surface area contributed by atoms with Crippen LogP contribution in [-0.4, -0.2) is 10.0 Å². The van der Waals surface area contributed by atoms with Crippen LogP contribution in [0.3, 0.4) is 0 Å². The Hall–Kier alpha value is -1.62. The predicted octanol–water partition coefficient (Wildman–Crippen LogP) is 1.71. The average Bonchev–Trinajstić information content (AvgIpc) is 2.17. The van der Waals surface area contributed by atoms with Crippen molar-refractivity contribution in [2.45, 2.75) is 19.4 Å². The van der Waals surface area contributed by atoms with Crippen LogP contribution in [0, 0.1) is 10.1 Å². The number of nitro benzene ring substituents is 1. The van der Waals surface area contributed by atoms with Crippen molar-refractivity contribution in [3.63, 3.8) is 0 Å². The summed E-state index contributed by atoms with van der Waals surface area (Å²) in [6, 6.07) is 3.49. The molecule has 0 radical (unpaired) electrons. The first-order valence-electron chi connectivity index (χ1n) is 4.29. The topological polar surface area (TPSA) is 89.4 Å². The lowest BCUT2D eigenvalue weighted by atomic mass is 10.0. The molecule has 0 fully saturated rings. The van der Waals surface area contributed by atoms with Gasteiger partial charge in [-0.3, -0.25) is 10.1 Å². The van der Waals surface area contributed by atoms with E-state index < -0.39 is 4.92 Å². The van der Waals surface area contributed by atoms with Gasteiger partial charge in [0.15, 0.2) is 0 Å². The summed E-state index contributed by atoms with van der Waals surface area (Å²) in [6.45, 7) is 1.85. The fraction of sp³-hybridized carbons (Fsp3) is 0.333. The first-order valence-corrected chi connectivity index (χ1v) is 4.29. The molecule has 0 unspecified atom stereocenters. The van der Waals surface area contributed by atoms with Gasteiger partial charge in [-0.25, -0.2) is 0 Å². The molecule has 1 atom stereocenters. The molecular weight excluding hydrogens is 184 g/mol. The molecule has 5 heteroatoms. The molecule has 0 bridgehead atoms. The second-order valence-electron chi connectivity index (χ2n) is 3.01. The molecule has 0 aliphatic rings. The van der Waals surface area contributed by atoms with Crippen LogP contribution in [0.1, 0.15) is 24.9 Å². The largest absolute Gasteiger partial charge is 0.508 e. The van der Waals surface area contributed by atoms with Crippen molar-refractivity contribution in [3.05, 3.63) is 33.9 Å². The third-order valence-electron chi connectivity index (χ3n) is 2.06. The number of nitro groups is 1. The van der Waals surface area contributed by atoms with Crippen LogP contribution in [0.4, 0.5) is 5.69 Å². The van der Waals surface area contributed by atoms with Crippen molar-refractivity contribution in [2.75, 3.05) is 0 Å². The van der Waals surface area contributed by atoms with E-state index >= 15 is 0 Å². The number of rotatable bonds is 3. The highest BCUT2D eigenvalue weighted by atomic mass is 16.6. The highest BCUT2D eigenvalue weighted by Gasteiger charge is 2.14. The van der Waals surface area contributed by atoms with Crippen LogP contribution in [0.25, 0.3) is 0 Å². The summed E-state index contributed by atoms with van der Waals surface area (Å²) in [5.41, 5.74) is 6.05. The molecule has 1 aromatic rings. The van der Waals surface area contributed by atoms with Gasteiger partial charge >= 0.3 is 0 Å². The number of aromatic hydroxyl groups is 1. The molecule has 0 spiro atoms. The first-order chi connectivity index (χ1) is 6.56. The number of hydrogen-bond donors (Lipinski definition) is 2. The lowest BCUT2D eigenvalue weighted by Crippen LogP contribution is -2.09. The fourth-order valence-electron chi connectivity index (χ4n) is 1.17. The molecule has 0 heterocycles. The maximum Gasteiger partial charge on any atom is 0.270 e. The predicted molar refractivity (Wildman–Crippen MR) is 52.0 cm³/mol. The SMILES string of the molecule is CC[C@H](N)c1cc([N+](=O)[O-])ccc1O. The maximum absolute atomic E-state index is 10.5. The van der Waals surface area contributed by atoms with Gasteiger partial charge < -0.3 is 10.8 Å². The van der Waals surface area contributed by atoms with Crippen molar-refractivity contribution in [2.24, 2.45) is 5.73 Å². The molecule has 0 amide bonds. The van der Waals surface area contributed by atoms with Gasteiger partial charge in [-0.05, 0) is 12.5 Å². The van der Waals surface area contributed by atoms with Crippen LogP contribution < -0.4 is 5.73 Å². The number of phenolic OH excluding ortho intramolecular Hbond substituents is 1. The van der Waals surface area contributed by atoms with E-state index in [1.807, 2.05) is 6.92 Å². The molecule has 5 nitrogen and oxygen atoms in total. The number of nitrogens with zero attached hydrogens (tertiary/aromatic N) is 1. The van der Waals surface area contributed by atoms with E-state index in [1.54, 1.807) is 0 Å². The maximum atomic E-state index is 10.5. The Morgan fingerprint density at radius 1 is 1.64 bits per heavy atom. The zero-order valence-corrected chi connectivity index (χ0v) is 7.80. The van der Waals surface area contributed by atoms with Crippen LogP contribution in [0.15, 0.2) is 18.2 Å². The van der Waals surface area contributed by atoms with Crippen molar-refractivity contribution in [1.82, 2.24) is 0 Å². The Labute approximate surface area is 81.3 Å². The van der Waals surface area contributed by atoms with E-state index in [4.69, 9.17) is 5.73 Å². The summed E-state index contributed by atoms with van der Waals surface area (Å²) < 4.78 is 0. The summed E-state index contributed by atoms with van der Waals surface area (Å²) in [6.07, 6.45) is 0.620. The van der Waals surface area contributed by atoms with Crippen LogP contribution in [-0.2, 0) is 0 Å². The average molecular weight is 196 g/mol. The Kier molecular flexibility index (Phi) is 3.03. The molecule has 1 aromatic carbocycles. The van der Waals surface area contributed by atoms with Gasteiger partial charge in [0.2, 0.25) is 0 Å². The summed E-state index contributed by atoms with van der Waals surface area (Å²) in [5, 5.41) is 19.9. The lowest BCUT2D eigenvalue weighted by molar-refractivity contribution is -0.385. The minimum Gasteiger partial charge on any atom is -0.508 e. The summed E-state index contributed by atoms with van der Waals surface area (Å²) >= 11 is 0. The molecular formula is C9H12N2O3. The van der Waals surface area contributed by atoms with E-state index in [-0.39, 0.29) is 17.5 Å². The molecule has 0 aliphatic carbocycles. The lowest BCUT2D eigenvalue weighted by Gasteiger charge is -2.10. The van der Waals surface area contributed by atoms with Gasteiger partial charge in [-0.15, -0.1) is 0 Å². The number of phenols is 1. The number of non-ortho nitro benzene ring substituents is 1. The molecule has 76 valence electrons. The van der Waals surface area contributed by atoms with Crippen LogP contribution in [0.2, 0.25) is 0 Å². The second kappa shape index (κ2) is 4.06. The molecule has 0 aliphatic heterocycles. The van der Waals surface area contributed by atoms with Crippen molar-refractivity contribution in [1.29, 1.82) is 0 Å². The van der Waals surface area contributed by atoms with Crippen molar-refractivity contribution < 1.29 is 10.0 Å². The smallest absolute Gasteiger partial charge is 0.270 e. The zero-order valence-electron chi connectivity index (χ0n) is 7.80. The molecule has 0 aromatic heterocycles. The quantitative estimate of drug-likeness (QED) is 0.568. The summed E-state index contributed by atoms with van der Waals surface area (Å²) in [7, 11) is 0. The van der Waals surface area contributed by atoms with Gasteiger partial charge in [0.1, 0.15) is 5.75 Å². The molecule has 14 heavy (non-hydrogen) atoms. The van der Waals surface area contributed by atoms with Crippen LogP contribution >= 0.6 is 0 Å². The molecule has 1 rings (SSSR count). The standard InChI is InChI=1S/C9H12N2O3/c1-2-8(10)7-5-6(11(13)14)3-4-9(7)12/h3-5,8,12H,2,10H2,1H3/t8-/m0/s1. The minimum atomic E-state index is -0.509.